The average molecular weight is 314 g/mol. The van der Waals surface area contributed by atoms with Gasteiger partial charge in [0.05, 0.1) is 5.69 Å². The highest BCUT2D eigenvalue weighted by molar-refractivity contribution is 5.83. The fourth-order valence-electron chi connectivity index (χ4n) is 3.38. The van der Waals surface area contributed by atoms with E-state index in [9.17, 15) is 0 Å². The quantitative estimate of drug-likeness (QED) is 0.701. The second-order valence-corrected chi connectivity index (χ2v) is 6.43. The molecule has 0 saturated heterocycles. The molecule has 2 nitrogen and oxygen atoms in total. The van der Waals surface area contributed by atoms with E-state index in [4.69, 9.17) is 0 Å². The first-order valence-corrected chi connectivity index (χ1v) is 8.69. The van der Waals surface area contributed by atoms with Crippen molar-refractivity contribution in [2.45, 2.75) is 12.8 Å². The summed E-state index contributed by atoms with van der Waals surface area (Å²) in [7, 11) is 0. The third-order valence-electron chi connectivity index (χ3n) is 4.82. The van der Waals surface area contributed by atoms with E-state index in [0.717, 1.165) is 38.2 Å². The van der Waals surface area contributed by atoms with Gasteiger partial charge in [-0.1, -0.05) is 54.6 Å². The molecule has 2 aromatic carbocycles. The molecule has 1 aromatic heterocycles. The first kappa shape index (κ1) is 15.1. The van der Waals surface area contributed by atoms with Gasteiger partial charge in [-0.25, -0.2) is 0 Å². The second kappa shape index (κ2) is 6.98. The minimum absolute atomic E-state index is 1.03. The van der Waals surface area contributed by atoms with Crippen molar-refractivity contribution in [3.05, 3.63) is 84.2 Å². The van der Waals surface area contributed by atoms with Crippen molar-refractivity contribution in [3.63, 3.8) is 0 Å². The maximum absolute atomic E-state index is 4.46. The van der Waals surface area contributed by atoms with Gasteiger partial charge >= 0.3 is 0 Å². The van der Waals surface area contributed by atoms with Gasteiger partial charge in [0, 0.05) is 25.8 Å². The lowest BCUT2D eigenvalue weighted by Gasteiger charge is -2.26. The van der Waals surface area contributed by atoms with Crippen molar-refractivity contribution in [1.29, 1.82) is 0 Å². The van der Waals surface area contributed by atoms with E-state index < -0.39 is 0 Å². The number of benzene rings is 2. The minimum atomic E-state index is 1.03. The highest BCUT2D eigenvalue weighted by Crippen LogP contribution is 2.21. The van der Waals surface area contributed by atoms with Crippen LogP contribution in [0.4, 0.5) is 0 Å². The maximum atomic E-state index is 4.46. The smallest absolute Gasteiger partial charge is 0.0659 e. The lowest BCUT2D eigenvalue weighted by Crippen LogP contribution is -2.30. The van der Waals surface area contributed by atoms with Gasteiger partial charge in [0.2, 0.25) is 0 Å². The van der Waals surface area contributed by atoms with Gasteiger partial charge < -0.3 is 0 Å². The predicted molar refractivity (Wildman–Crippen MR) is 101 cm³/mol. The first-order chi connectivity index (χ1) is 11.9. The highest BCUT2D eigenvalue weighted by Gasteiger charge is 2.13. The fourth-order valence-corrected chi connectivity index (χ4v) is 3.38. The van der Waals surface area contributed by atoms with Crippen LogP contribution < -0.4 is 0 Å². The van der Waals surface area contributed by atoms with E-state index >= 15 is 0 Å². The number of aromatic nitrogens is 1. The Balaban J connectivity index is 1.37. The Morgan fingerprint density at radius 3 is 2.58 bits per heavy atom. The van der Waals surface area contributed by atoms with E-state index in [2.05, 4.69) is 70.6 Å². The van der Waals surface area contributed by atoms with Crippen molar-refractivity contribution in [1.82, 2.24) is 9.88 Å². The van der Waals surface area contributed by atoms with Gasteiger partial charge in [-0.15, -0.1) is 0 Å². The van der Waals surface area contributed by atoms with E-state index in [0.29, 0.717) is 0 Å². The average Bonchev–Trinajstić information content (AvgIpc) is 2.67. The van der Waals surface area contributed by atoms with Crippen LogP contribution in [0.1, 0.15) is 17.7 Å². The zero-order chi connectivity index (χ0) is 16.2. The highest BCUT2D eigenvalue weighted by atomic mass is 15.1. The summed E-state index contributed by atoms with van der Waals surface area (Å²) in [6, 6.07) is 21.6. The lowest BCUT2D eigenvalue weighted by molar-refractivity contribution is 0.305. The number of fused-ring (bicyclic) bond motifs is 1. The summed E-state index contributed by atoms with van der Waals surface area (Å²) in [6.07, 6.45) is 6.42. The zero-order valence-electron chi connectivity index (χ0n) is 13.9. The van der Waals surface area contributed by atoms with Gasteiger partial charge in [-0.2, -0.15) is 0 Å². The third kappa shape index (κ3) is 3.39. The third-order valence-corrected chi connectivity index (χ3v) is 4.82. The Labute approximate surface area is 143 Å². The fraction of sp³-hybridized carbons (Fsp3) is 0.227. The molecule has 1 aliphatic heterocycles. The molecule has 0 amide bonds. The molecule has 0 atom stereocenters. The van der Waals surface area contributed by atoms with E-state index in [1.54, 1.807) is 0 Å². The van der Waals surface area contributed by atoms with Crippen LogP contribution >= 0.6 is 0 Å². The Morgan fingerprint density at radius 2 is 1.79 bits per heavy atom. The Morgan fingerprint density at radius 1 is 0.917 bits per heavy atom. The second-order valence-electron chi connectivity index (χ2n) is 6.43. The van der Waals surface area contributed by atoms with Crippen molar-refractivity contribution in [3.8, 4) is 0 Å². The summed E-state index contributed by atoms with van der Waals surface area (Å²) in [5, 5.41) is 2.66. The summed E-state index contributed by atoms with van der Waals surface area (Å²) in [5.74, 6) is 0. The van der Waals surface area contributed by atoms with Gasteiger partial charge in [0.25, 0.3) is 0 Å². The molecular formula is C22H22N2. The van der Waals surface area contributed by atoms with Gasteiger partial charge in [-0.05, 0) is 46.9 Å². The number of rotatable bonds is 4. The predicted octanol–water partition coefficient (Wildman–Crippen LogP) is 4.57. The van der Waals surface area contributed by atoms with Gasteiger partial charge in [0.1, 0.15) is 0 Å². The number of nitrogens with zero attached hydrogens (tertiary/aromatic N) is 2. The molecule has 0 fully saturated rings. The van der Waals surface area contributed by atoms with Crippen molar-refractivity contribution >= 4 is 16.3 Å². The summed E-state index contributed by atoms with van der Waals surface area (Å²) >= 11 is 0. The minimum Gasteiger partial charge on any atom is -0.299 e. The van der Waals surface area contributed by atoms with Crippen LogP contribution in [0.3, 0.4) is 0 Å². The van der Waals surface area contributed by atoms with Crippen LogP contribution in [0.25, 0.3) is 16.3 Å². The topological polar surface area (TPSA) is 16.1 Å². The molecule has 0 saturated carbocycles. The summed E-state index contributed by atoms with van der Waals surface area (Å²) in [6.45, 7) is 3.26. The molecule has 2 heterocycles. The summed E-state index contributed by atoms with van der Waals surface area (Å²) in [4.78, 5) is 6.99. The largest absolute Gasteiger partial charge is 0.299 e. The molecule has 0 aliphatic carbocycles. The Bertz CT molecular complexity index is 852. The van der Waals surface area contributed by atoms with Gasteiger partial charge in [-0.3, -0.25) is 9.88 Å². The van der Waals surface area contributed by atoms with Crippen molar-refractivity contribution < 1.29 is 0 Å². The Hall–Kier alpha value is -2.45. The normalized spacial score (nSPS) is 15.4. The Kier molecular flexibility index (Phi) is 4.39. The summed E-state index contributed by atoms with van der Waals surface area (Å²) in [5.41, 5.74) is 3.94. The van der Waals surface area contributed by atoms with Crippen LogP contribution in [0.2, 0.25) is 0 Å². The number of pyridine rings is 1. The number of hydrogen-bond donors (Lipinski definition) is 0. The van der Waals surface area contributed by atoms with Crippen LogP contribution in [0, 0.1) is 0 Å². The molecular weight excluding hydrogens is 292 g/mol. The van der Waals surface area contributed by atoms with E-state index in [-0.39, 0.29) is 0 Å². The molecule has 24 heavy (non-hydrogen) atoms. The molecule has 3 aromatic rings. The van der Waals surface area contributed by atoms with Crippen LogP contribution in [0.15, 0.2) is 72.9 Å². The standard InChI is InChI=1S/C22H22N2/c1-2-6-21-17-18(8-9-19(21)5-1)10-14-24-15-11-20(12-16-24)22-7-3-4-13-23-22/h1-9,11,13,17H,10,12,14-16H2. The molecule has 1 aliphatic rings. The molecule has 0 spiro atoms. The van der Waals surface area contributed by atoms with Crippen molar-refractivity contribution in [2.24, 2.45) is 0 Å². The van der Waals surface area contributed by atoms with Crippen LogP contribution in [-0.4, -0.2) is 29.5 Å². The van der Waals surface area contributed by atoms with Crippen LogP contribution in [-0.2, 0) is 6.42 Å². The van der Waals surface area contributed by atoms with E-state index in [1.807, 2.05) is 12.3 Å². The summed E-state index contributed by atoms with van der Waals surface area (Å²) < 4.78 is 0. The maximum Gasteiger partial charge on any atom is 0.0659 e. The lowest BCUT2D eigenvalue weighted by atomic mass is 10.0. The molecule has 2 heteroatoms. The molecule has 0 bridgehead atoms. The first-order valence-electron chi connectivity index (χ1n) is 8.69. The van der Waals surface area contributed by atoms with Crippen molar-refractivity contribution in [2.75, 3.05) is 19.6 Å². The molecule has 4 rings (SSSR count). The number of hydrogen-bond acceptors (Lipinski definition) is 2. The van der Waals surface area contributed by atoms with Gasteiger partial charge in [0.15, 0.2) is 0 Å². The molecule has 0 radical (unpaired) electrons. The SMILES string of the molecule is C1=C(c2ccccn2)CCN(CCc2ccc3ccccc3c2)C1. The molecule has 0 N–H and O–H groups in total. The molecule has 120 valence electrons. The monoisotopic (exact) mass is 314 g/mol. The van der Waals surface area contributed by atoms with Crippen LogP contribution in [0.5, 0.6) is 0 Å². The zero-order valence-corrected chi connectivity index (χ0v) is 13.9. The van der Waals surface area contributed by atoms with E-state index in [1.165, 1.54) is 21.9 Å². The molecule has 0 unspecified atom stereocenters.